The molecule has 1 aromatic rings. The first-order chi connectivity index (χ1) is 7.69. The molecule has 2 N–H and O–H groups in total. The van der Waals surface area contributed by atoms with Crippen LogP contribution in [-0.4, -0.2) is 30.6 Å². The summed E-state index contributed by atoms with van der Waals surface area (Å²) in [6.45, 7) is 7.34. The number of anilines is 1. The largest absolute Gasteiger partial charge is 0.370 e. The molecule has 2 nitrogen and oxygen atoms in total. The summed E-state index contributed by atoms with van der Waals surface area (Å²) in [6, 6.07) is 6.77. The summed E-state index contributed by atoms with van der Waals surface area (Å²) in [5.74, 6) is 1.19. The highest BCUT2D eigenvalue weighted by molar-refractivity contribution is 8.00. The van der Waals surface area contributed by atoms with Crippen LogP contribution in [0.3, 0.4) is 0 Å². The average Bonchev–Trinajstić information content (AvgIpc) is 2.28. The highest BCUT2D eigenvalue weighted by Gasteiger charge is 2.19. The van der Waals surface area contributed by atoms with Crippen molar-refractivity contribution in [3.05, 3.63) is 29.3 Å². The maximum Gasteiger partial charge on any atom is 0.0372 e. The number of hydrogen-bond donors (Lipinski definition) is 1. The van der Waals surface area contributed by atoms with E-state index in [0.29, 0.717) is 5.25 Å². The number of aryl methyl sites for hydroxylation is 2. The maximum absolute atomic E-state index is 5.76. The molecule has 0 bridgehead atoms. The van der Waals surface area contributed by atoms with Crippen LogP contribution in [0.5, 0.6) is 0 Å². The van der Waals surface area contributed by atoms with Gasteiger partial charge < -0.3 is 10.6 Å². The Labute approximate surface area is 102 Å². The second kappa shape index (κ2) is 5.11. The summed E-state index contributed by atoms with van der Waals surface area (Å²) in [4.78, 5) is 2.47. The van der Waals surface area contributed by atoms with Crippen molar-refractivity contribution >= 4 is 17.4 Å². The molecule has 1 fully saturated rings. The molecule has 0 aliphatic carbocycles. The number of thioether (sulfide) groups is 1. The molecule has 1 unspecified atom stereocenters. The maximum atomic E-state index is 5.76. The van der Waals surface area contributed by atoms with Gasteiger partial charge in [-0.3, -0.25) is 0 Å². The zero-order valence-corrected chi connectivity index (χ0v) is 10.9. The standard InChI is InChI=1S/C13H20N2S/c1-10-5-11(2)7-12(6-10)15-3-4-16-13(8-14)9-15/h5-7,13H,3-4,8-9,14H2,1-2H3. The Hall–Kier alpha value is -0.670. The summed E-state index contributed by atoms with van der Waals surface area (Å²) in [5.41, 5.74) is 9.80. The number of hydrogen-bond acceptors (Lipinski definition) is 3. The zero-order chi connectivity index (χ0) is 11.5. The number of rotatable bonds is 2. The third-order valence-corrected chi connectivity index (χ3v) is 4.20. The predicted octanol–water partition coefficient (Wildman–Crippen LogP) is 2.18. The van der Waals surface area contributed by atoms with Crippen LogP contribution >= 0.6 is 11.8 Å². The lowest BCUT2D eigenvalue weighted by Gasteiger charge is -2.33. The van der Waals surface area contributed by atoms with E-state index >= 15 is 0 Å². The second-order valence-corrected chi connectivity index (χ2v) is 5.93. The lowest BCUT2D eigenvalue weighted by atomic mass is 10.1. The van der Waals surface area contributed by atoms with E-state index < -0.39 is 0 Å². The third-order valence-electron chi connectivity index (χ3n) is 2.97. The van der Waals surface area contributed by atoms with Crippen LogP contribution < -0.4 is 10.6 Å². The fourth-order valence-corrected chi connectivity index (χ4v) is 3.31. The van der Waals surface area contributed by atoms with Gasteiger partial charge in [-0.15, -0.1) is 0 Å². The van der Waals surface area contributed by atoms with Crippen molar-refractivity contribution in [2.24, 2.45) is 5.73 Å². The molecule has 88 valence electrons. The molecule has 3 heteroatoms. The van der Waals surface area contributed by atoms with Gasteiger partial charge in [0, 0.05) is 36.3 Å². The van der Waals surface area contributed by atoms with Crippen LogP contribution in [0.2, 0.25) is 0 Å². The molecule has 0 spiro atoms. The van der Waals surface area contributed by atoms with Crippen molar-refractivity contribution in [3.8, 4) is 0 Å². The molecular weight excluding hydrogens is 216 g/mol. The Morgan fingerprint density at radius 3 is 2.62 bits per heavy atom. The molecule has 1 saturated heterocycles. The summed E-state index contributed by atoms with van der Waals surface area (Å²) in [5, 5.41) is 0.592. The minimum atomic E-state index is 0.592. The van der Waals surface area contributed by atoms with E-state index in [4.69, 9.17) is 5.73 Å². The van der Waals surface area contributed by atoms with Gasteiger partial charge in [-0.05, 0) is 37.1 Å². The molecule has 2 rings (SSSR count). The topological polar surface area (TPSA) is 29.3 Å². The van der Waals surface area contributed by atoms with Crippen LogP contribution in [0, 0.1) is 13.8 Å². The van der Waals surface area contributed by atoms with Crippen molar-refractivity contribution < 1.29 is 0 Å². The highest BCUT2D eigenvalue weighted by Crippen LogP contribution is 2.25. The molecule has 0 amide bonds. The summed E-state index contributed by atoms with van der Waals surface area (Å²) in [6.07, 6.45) is 0. The van der Waals surface area contributed by atoms with Gasteiger partial charge in [0.2, 0.25) is 0 Å². The molecule has 1 aliphatic rings. The SMILES string of the molecule is Cc1cc(C)cc(N2CCSC(CN)C2)c1. The van der Waals surface area contributed by atoms with E-state index in [9.17, 15) is 0 Å². The van der Waals surface area contributed by atoms with E-state index in [-0.39, 0.29) is 0 Å². The van der Waals surface area contributed by atoms with Crippen molar-refractivity contribution in [2.75, 3.05) is 30.3 Å². The van der Waals surface area contributed by atoms with Gasteiger partial charge in [0.1, 0.15) is 0 Å². The van der Waals surface area contributed by atoms with Crippen LogP contribution in [0.4, 0.5) is 5.69 Å². The quantitative estimate of drug-likeness (QED) is 0.853. The first-order valence-electron chi connectivity index (χ1n) is 5.84. The number of nitrogens with two attached hydrogens (primary N) is 1. The van der Waals surface area contributed by atoms with E-state index in [1.54, 1.807) is 0 Å². The minimum Gasteiger partial charge on any atom is -0.370 e. The Morgan fingerprint density at radius 1 is 1.31 bits per heavy atom. The molecule has 0 radical (unpaired) electrons. The lowest BCUT2D eigenvalue weighted by Crippen LogP contribution is -2.41. The third kappa shape index (κ3) is 2.71. The normalized spacial score (nSPS) is 21.2. The van der Waals surface area contributed by atoms with Gasteiger partial charge in [0.25, 0.3) is 0 Å². The van der Waals surface area contributed by atoms with Crippen molar-refractivity contribution in [3.63, 3.8) is 0 Å². The van der Waals surface area contributed by atoms with Gasteiger partial charge in [0.05, 0.1) is 0 Å². The number of nitrogens with zero attached hydrogens (tertiary/aromatic N) is 1. The van der Waals surface area contributed by atoms with Gasteiger partial charge in [-0.2, -0.15) is 11.8 Å². The van der Waals surface area contributed by atoms with Gasteiger partial charge in [0.15, 0.2) is 0 Å². The molecular formula is C13H20N2S. The van der Waals surface area contributed by atoms with E-state index in [2.05, 4.69) is 36.9 Å². The zero-order valence-electron chi connectivity index (χ0n) is 10.1. The lowest BCUT2D eigenvalue weighted by molar-refractivity contribution is 0.748. The number of benzene rings is 1. The Kier molecular flexibility index (Phi) is 3.77. The van der Waals surface area contributed by atoms with Gasteiger partial charge >= 0.3 is 0 Å². The molecule has 1 aromatic carbocycles. The fourth-order valence-electron chi connectivity index (χ4n) is 2.23. The summed E-state index contributed by atoms with van der Waals surface area (Å²) < 4.78 is 0. The fraction of sp³-hybridized carbons (Fsp3) is 0.538. The van der Waals surface area contributed by atoms with E-state index in [0.717, 1.165) is 19.6 Å². The molecule has 0 saturated carbocycles. The predicted molar refractivity (Wildman–Crippen MR) is 73.4 cm³/mol. The second-order valence-electron chi connectivity index (χ2n) is 4.52. The minimum absolute atomic E-state index is 0.592. The van der Waals surface area contributed by atoms with Crippen LogP contribution in [0.15, 0.2) is 18.2 Å². The molecule has 0 aromatic heterocycles. The van der Waals surface area contributed by atoms with Gasteiger partial charge in [-0.1, -0.05) is 6.07 Å². The summed E-state index contributed by atoms with van der Waals surface area (Å²) >= 11 is 2.00. The van der Waals surface area contributed by atoms with Crippen molar-refractivity contribution in [1.29, 1.82) is 0 Å². The van der Waals surface area contributed by atoms with Crippen molar-refractivity contribution in [1.82, 2.24) is 0 Å². The Morgan fingerprint density at radius 2 is 2.00 bits per heavy atom. The summed E-state index contributed by atoms with van der Waals surface area (Å²) in [7, 11) is 0. The van der Waals surface area contributed by atoms with Crippen LogP contribution in [0.1, 0.15) is 11.1 Å². The smallest absolute Gasteiger partial charge is 0.0372 e. The molecule has 1 aliphatic heterocycles. The van der Waals surface area contributed by atoms with Crippen LogP contribution in [-0.2, 0) is 0 Å². The Balaban J connectivity index is 2.16. The van der Waals surface area contributed by atoms with E-state index in [1.165, 1.54) is 22.6 Å². The highest BCUT2D eigenvalue weighted by atomic mass is 32.2. The first-order valence-corrected chi connectivity index (χ1v) is 6.89. The van der Waals surface area contributed by atoms with Crippen molar-refractivity contribution in [2.45, 2.75) is 19.1 Å². The first kappa shape index (κ1) is 11.8. The molecule has 1 atom stereocenters. The Bertz CT molecular complexity index is 345. The van der Waals surface area contributed by atoms with Crippen LogP contribution in [0.25, 0.3) is 0 Å². The molecule has 16 heavy (non-hydrogen) atoms. The molecule has 1 heterocycles. The average molecular weight is 236 g/mol. The van der Waals surface area contributed by atoms with E-state index in [1.807, 2.05) is 11.8 Å². The monoisotopic (exact) mass is 236 g/mol. The van der Waals surface area contributed by atoms with Gasteiger partial charge in [-0.25, -0.2) is 0 Å².